The zero-order valence-corrected chi connectivity index (χ0v) is 28.2. The number of rotatable bonds is 8. The van der Waals surface area contributed by atoms with Crippen molar-refractivity contribution >= 4 is 11.0 Å². The maximum absolute atomic E-state index is 14.1. The van der Waals surface area contributed by atoms with Gasteiger partial charge >= 0.3 is 0 Å². The summed E-state index contributed by atoms with van der Waals surface area (Å²) >= 11 is 0. The summed E-state index contributed by atoms with van der Waals surface area (Å²) in [4.78, 5) is 14.1. The summed E-state index contributed by atoms with van der Waals surface area (Å²) in [5, 5.41) is 125. The molecule has 3 aliphatic rings. The second kappa shape index (κ2) is 15.1. The van der Waals surface area contributed by atoms with Crippen LogP contribution in [-0.2, 0) is 18.9 Å². The number of hydrogen-bond donors (Lipinski definition) is 12. The summed E-state index contributed by atoms with van der Waals surface area (Å²) in [6.45, 7) is 2.41. The number of benzene rings is 2. The van der Waals surface area contributed by atoms with E-state index in [-0.39, 0.29) is 17.6 Å². The van der Waals surface area contributed by atoms with Gasteiger partial charge in [0, 0.05) is 17.7 Å². The Morgan fingerprint density at radius 1 is 0.717 bits per heavy atom. The lowest BCUT2D eigenvalue weighted by Crippen LogP contribution is -2.65. The first-order valence-corrected chi connectivity index (χ1v) is 16.7. The van der Waals surface area contributed by atoms with Crippen molar-refractivity contribution in [3.8, 4) is 40.1 Å². The molecule has 1 aromatic heterocycles. The molecule has 12 N–H and O–H groups in total. The quantitative estimate of drug-likeness (QED) is 0.109. The molecule has 3 fully saturated rings. The fraction of sp³-hybridized carbons (Fsp3) is 0.559. The molecule has 6 rings (SSSR count). The van der Waals surface area contributed by atoms with Crippen molar-refractivity contribution in [1.29, 1.82) is 0 Å². The minimum atomic E-state index is -2.00. The third kappa shape index (κ3) is 7.35. The van der Waals surface area contributed by atoms with Gasteiger partial charge in [-0.3, -0.25) is 4.79 Å². The zero-order chi connectivity index (χ0) is 38.6. The first kappa shape index (κ1) is 38.9. The Morgan fingerprint density at radius 2 is 1.42 bits per heavy atom. The fourth-order valence-corrected chi connectivity index (χ4v) is 6.70. The second-order valence-electron chi connectivity index (χ2n) is 13.6. The highest BCUT2D eigenvalue weighted by atomic mass is 16.8. The monoisotopic (exact) mass is 754 g/mol. The van der Waals surface area contributed by atoms with E-state index in [1.54, 1.807) is 6.92 Å². The molecule has 2 saturated heterocycles. The summed E-state index contributed by atoms with van der Waals surface area (Å²) in [7, 11) is 0. The van der Waals surface area contributed by atoms with E-state index in [1.807, 2.05) is 0 Å². The standard InChI is InChI=1S/C34H42O19/c1-10-5-18(23(41)26(44)21(10)39)48-9-19-24(42)28(46)32(53-33-29(47)27(45)22(40)11(2)49-33)34(51-19)52-31-25(43)20-16(38)7-13(35)8-17(20)50-30(31)12-3-4-14(36)15(37)6-12/h3-4,6-8,10-11,18-19,21-24,26-29,32-42,44-47H,5,9H2,1-2H3/t10-,11-,18-,19-,21+,22-,23+,24+,26-,27+,28+,29+,32-,33-,34+/m1/s1. The molecule has 0 amide bonds. The van der Waals surface area contributed by atoms with Crippen LogP contribution < -0.4 is 10.2 Å². The van der Waals surface area contributed by atoms with Crippen LogP contribution in [0, 0.1) is 5.92 Å². The number of aliphatic hydroxyl groups is 8. The first-order valence-electron chi connectivity index (χ1n) is 16.7. The molecule has 2 aromatic carbocycles. The molecule has 0 unspecified atom stereocenters. The van der Waals surface area contributed by atoms with Crippen LogP contribution in [-0.4, -0.2) is 154 Å². The molecule has 1 aliphatic carbocycles. The van der Waals surface area contributed by atoms with Crippen LogP contribution in [0.3, 0.4) is 0 Å². The van der Waals surface area contributed by atoms with Crippen molar-refractivity contribution in [2.45, 2.75) is 106 Å². The summed E-state index contributed by atoms with van der Waals surface area (Å²) in [5.74, 6) is -4.09. The molecule has 3 heterocycles. The van der Waals surface area contributed by atoms with Crippen molar-refractivity contribution in [1.82, 2.24) is 0 Å². The molecule has 292 valence electrons. The van der Waals surface area contributed by atoms with Gasteiger partial charge in [-0.15, -0.1) is 0 Å². The summed E-state index contributed by atoms with van der Waals surface area (Å²) in [6.07, 6.45) is -22.7. The van der Waals surface area contributed by atoms with Crippen molar-refractivity contribution in [3.05, 3.63) is 40.6 Å². The van der Waals surface area contributed by atoms with Crippen LogP contribution in [0.2, 0.25) is 0 Å². The smallest absolute Gasteiger partial charge is 0.239 e. The van der Waals surface area contributed by atoms with Gasteiger partial charge in [-0.1, -0.05) is 6.92 Å². The van der Waals surface area contributed by atoms with E-state index in [2.05, 4.69) is 0 Å². The van der Waals surface area contributed by atoms with Crippen LogP contribution in [0.15, 0.2) is 39.5 Å². The van der Waals surface area contributed by atoms with E-state index >= 15 is 0 Å². The Labute approximate surface area is 299 Å². The van der Waals surface area contributed by atoms with Crippen molar-refractivity contribution in [2.24, 2.45) is 5.92 Å². The highest BCUT2D eigenvalue weighted by molar-refractivity contribution is 5.88. The Kier molecular flexibility index (Phi) is 11.1. The van der Waals surface area contributed by atoms with Crippen LogP contribution in [0.4, 0.5) is 0 Å². The number of aliphatic hydroxyl groups excluding tert-OH is 8. The Morgan fingerprint density at radius 3 is 2.11 bits per heavy atom. The van der Waals surface area contributed by atoms with E-state index in [1.165, 1.54) is 13.0 Å². The molecule has 0 spiro atoms. The minimum Gasteiger partial charge on any atom is -0.508 e. The lowest BCUT2D eigenvalue weighted by atomic mass is 9.82. The van der Waals surface area contributed by atoms with Crippen LogP contribution in [0.5, 0.6) is 28.7 Å². The molecule has 0 bridgehead atoms. The van der Waals surface area contributed by atoms with E-state index in [0.29, 0.717) is 0 Å². The van der Waals surface area contributed by atoms with Gasteiger partial charge in [0.05, 0.1) is 24.9 Å². The average Bonchev–Trinajstić information content (AvgIpc) is 3.11. The van der Waals surface area contributed by atoms with E-state index in [0.717, 1.165) is 24.3 Å². The maximum atomic E-state index is 14.1. The van der Waals surface area contributed by atoms with Crippen molar-refractivity contribution < 1.29 is 89.4 Å². The summed E-state index contributed by atoms with van der Waals surface area (Å²) in [5.41, 5.74) is -1.49. The van der Waals surface area contributed by atoms with Gasteiger partial charge in [0.25, 0.3) is 0 Å². The van der Waals surface area contributed by atoms with Gasteiger partial charge < -0.3 is 89.4 Å². The SMILES string of the molecule is C[C@@H]1C[C@@H](OC[C@H]2O[C@@H](Oc3c(-c4ccc(O)c(O)c4)oc4cc(O)cc(O)c4c3=O)[C@H](O[C@H]3O[C@H](C)[C@@H](O)[C@H](O)[C@@H]3O)[C@@H](O)[C@H]2O)[C@H](O)[C@H](O)[C@H]1O. The molecule has 3 aromatic rings. The van der Waals surface area contributed by atoms with Gasteiger partial charge in [0.15, 0.2) is 29.7 Å². The van der Waals surface area contributed by atoms with Gasteiger partial charge in [-0.25, -0.2) is 0 Å². The number of ether oxygens (including phenoxy) is 5. The molecular weight excluding hydrogens is 712 g/mol. The predicted octanol–water partition coefficient (Wildman–Crippen LogP) is -2.17. The third-order valence-electron chi connectivity index (χ3n) is 9.88. The first-order chi connectivity index (χ1) is 25.0. The average molecular weight is 755 g/mol. The molecule has 19 nitrogen and oxygen atoms in total. The number of phenols is 4. The topological polar surface area (TPSA) is 319 Å². The van der Waals surface area contributed by atoms with E-state index < -0.39 is 144 Å². The Bertz CT molecular complexity index is 1830. The van der Waals surface area contributed by atoms with Gasteiger partial charge in [-0.05, 0) is 37.5 Å². The molecule has 2 aliphatic heterocycles. The normalized spacial score (nSPS) is 37.8. The Balaban J connectivity index is 1.40. The lowest BCUT2D eigenvalue weighted by molar-refractivity contribution is -0.356. The fourth-order valence-electron chi connectivity index (χ4n) is 6.70. The van der Waals surface area contributed by atoms with Crippen LogP contribution in [0.25, 0.3) is 22.3 Å². The highest BCUT2D eigenvalue weighted by Gasteiger charge is 2.52. The highest BCUT2D eigenvalue weighted by Crippen LogP contribution is 2.40. The summed E-state index contributed by atoms with van der Waals surface area (Å²) < 4.78 is 35.0. The van der Waals surface area contributed by atoms with Gasteiger partial charge in [0.2, 0.25) is 17.5 Å². The van der Waals surface area contributed by atoms with E-state index in [9.17, 15) is 66.1 Å². The molecule has 15 atom stereocenters. The lowest BCUT2D eigenvalue weighted by Gasteiger charge is -2.46. The number of fused-ring (bicyclic) bond motifs is 1. The van der Waals surface area contributed by atoms with Gasteiger partial charge in [-0.2, -0.15) is 0 Å². The van der Waals surface area contributed by atoms with Crippen LogP contribution in [0.1, 0.15) is 20.3 Å². The van der Waals surface area contributed by atoms with Crippen LogP contribution >= 0.6 is 0 Å². The van der Waals surface area contributed by atoms with E-state index in [4.69, 9.17) is 28.1 Å². The van der Waals surface area contributed by atoms with Crippen molar-refractivity contribution in [3.63, 3.8) is 0 Å². The molecule has 1 saturated carbocycles. The summed E-state index contributed by atoms with van der Waals surface area (Å²) in [6, 6.07) is 5.16. The third-order valence-corrected chi connectivity index (χ3v) is 9.88. The minimum absolute atomic E-state index is 0.0796. The Hall–Kier alpha value is -3.83. The van der Waals surface area contributed by atoms with Crippen molar-refractivity contribution in [2.75, 3.05) is 6.61 Å². The molecule has 0 radical (unpaired) electrons. The maximum Gasteiger partial charge on any atom is 0.239 e. The van der Waals surface area contributed by atoms with Gasteiger partial charge in [0.1, 0.15) is 71.3 Å². The predicted molar refractivity (Wildman–Crippen MR) is 175 cm³/mol. The molecule has 19 heteroatoms. The number of phenolic OH excluding ortho intramolecular Hbond substituents is 4. The molecular formula is C34H42O19. The zero-order valence-electron chi connectivity index (χ0n) is 28.2. The molecule has 53 heavy (non-hydrogen) atoms. The number of aromatic hydroxyl groups is 4. The number of hydrogen-bond acceptors (Lipinski definition) is 19. The second-order valence-corrected chi connectivity index (χ2v) is 13.6. The largest absolute Gasteiger partial charge is 0.508 e.